The van der Waals surface area contributed by atoms with Gasteiger partial charge in [-0.15, -0.1) is 0 Å². The van der Waals surface area contributed by atoms with Crippen LogP contribution in [0.4, 0.5) is 0 Å². The predicted molar refractivity (Wildman–Crippen MR) is 162 cm³/mol. The molecule has 2 rings (SSSR count). The van der Waals surface area contributed by atoms with Crippen LogP contribution in [0.2, 0.25) is 18.1 Å². The van der Waals surface area contributed by atoms with Gasteiger partial charge in [-0.3, -0.25) is 4.79 Å². The molecule has 0 bridgehead atoms. The third-order valence-corrected chi connectivity index (χ3v) is 12.6. The van der Waals surface area contributed by atoms with E-state index in [4.69, 9.17) is 28.1 Å². The number of esters is 1. The minimum absolute atomic E-state index is 0.0735. The average Bonchev–Trinajstić information content (AvgIpc) is 2.86. The summed E-state index contributed by atoms with van der Waals surface area (Å²) in [4.78, 5) is 12.4. The topological polar surface area (TPSA) is 72.5 Å². The summed E-state index contributed by atoms with van der Waals surface area (Å²) in [5.41, 5.74) is 2.07. The van der Waals surface area contributed by atoms with Gasteiger partial charge in [-0.05, 0) is 76.0 Å². The van der Waals surface area contributed by atoms with Crippen molar-refractivity contribution < 1.29 is 32.9 Å². The van der Waals surface area contributed by atoms with Crippen LogP contribution in [0.3, 0.4) is 0 Å². The molecule has 1 fully saturated rings. The van der Waals surface area contributed by atoms with E-state index in [1.165, 1.54) is 0 Å². The van der Waals surface area contributed by atoms with Crippen LogP contribution in [0.25, 0.3) is 0 Å². The Kier molecular flexibility index (Phi) is 12.5. The first-order valence-electron chi connectivity index (χ1n) is 14.6. The second-order valence-electron chi connectivity index (χ2n) is 13.0. The first-order valence-corrected chi connectivity index (χ1v) is 17.5. The molecule has 0 N–H and O–H groups in total. The van der Waals surface area contributed by atoms with E-state index in [0.717, 1.165) is 16.9 Å². The summed E-state index contributed by atoms with van der Waals surface area (Å²) >= 11 is 0. The highest BCUT2D eigenvalue weighted by atomic mass is 28.4. The minimum atomic E-state index is -2.04. The molecule has 1 saturated heterocycles. The lowest BCUT2D eigenvalue weighted by Gasteiger charge is -2.49. The van der Waals surface area contributed by atoms with Crippen LogP contribution in [-0.2, 0) is 34.8 Å². The molecular weight excluding hydrogens is 524 g/mol. The van der Waals surface area contributed by atoms with Gasteiger partial charge in [0.2, 0.25) is 0 Å². The van der Waals surface area contributed by atoms with E-state index in [2.05, 4.69) is 40.8 Å². The molecule has 228 valence electrons. The fraction of sp³-hybridized carbons (Fsp3) is 0.719. The van der Waals surface area contributed by atoms with Crippen molar-refractivity contribution in [2.75, 3.05) is 26.9 Å². The van der Waals surface area contributed by atoms with Gasteiger partial charge in [0.25, 0.3) is 0 Å². The average molecular weight is 579 g/mol. The van der Waals surface area contributed by atoms with E-state index >= 15 is 0 Å². The lowest BCUT2D eigenvalue weighted by Crippen LogP contribution is -2.56. The van der Waals surface area contributed by atoms with Crippen molar-refractivity contribution in [3.05, 3.63) is 41.5 Å². The molecule has 0 unspecified atom stereocenters. The quantitative estimate of drug-likeness (QED) is 0.140. The molecule has 8 heteroatoms. The molecule has 0 saturated carbocycles. The van der Waals surface area contributed by atoms with E-state index < -0.39 is 14.1 Å². The molecule has 7 nitrogen and oxygen atoms in total. The van der Waals surface area contributed by atoms with Crippen molar-refractivity contribution in [3.8, 4) is 5.75 Å². The van der Waals surface area contributed by atoms with Crippen LogP contribution in [-0.4, -0.2) is 59.2 Å². The van der Waals surface area contributed by atoms with Crippen LogP contribution < -0.4 is 4.74 Å². The van der Waals surface area contributed by atoms with Crippen LogP contribution >= 0.6 is 0 Å². The summed E-state index contributed by atoms with van der Waals surface area (Å²) in [5.74, 6) is -0.597. The maximum atomic E-state index is 12.4. The molecule has 1 heterocycles. The number of benzene rings is 1. The Morgan fingerprint density at radius 3 is 2.30 bits per heavy atom. The standard InChI is InChI=1S/C32H54O7Si/c1-13-36-30(33)23(3)18-22(2)28-27(21-37-40(11,12)31(5,6)7)29(39-32(8,9)38-28)24(4)19-35-20-25-14-16-26(34-10)17-15-25/h14-18,23-24,27-29H,13,19-21H2,1-12H3/b22-18+/t23-,24-,27-,28-,29-/m1/s1. The third kappa shape index (κ3) is 9.69. The van der Waals surface area contributed by atoms with Crippen molar-refractivity contribution in [2.24, 2.45) is 17.8 Å². The van der Waals surface area contributed by atoms with Gasteiger partial charge in [0, 0.05) is 18.4 Å². The zero-order valence-corrected chi connectivity index (χ0v) is 28.0. The van der Waals surface area contributed by atoms with Crippen LogP contribution in [0.15, 0.2) is 35.9 Å². The van der Waals surface area contributed by atoms with Gasteiger partial charge in [0.1, 0.15) is 5.75 Å². The summed E-state index contributed by atoms with van der Waals surface area (Å²) in [6.45, 7) is 24.9. The van der Waals surface area contributed by atoms with Gasteiger partial charge in [-0.1, -0.05) is 45.9 Å². The smallest absolute Gasteiger partial charge is 0.312 e. The fourth-order valence-corrected chi connectivity index (χ4v) is 5.73. The van der Waals surface area contributed by atoms with Crippen molar-refractivity contribution >= 4 is 14.3 Å². The fourth-order valence-electron chi connectivity index (χ4n) is 4.69. The molecule has 1 aromatic rings. The highest BCUT2D eigenvalue weighted by Crippen LogP contribution is 2.41. The number of ether oxygens (including phenoxy) is 5. The first kappa shape index (κ1) is 34.5. The zero-order chi connectivity index (χ0) is 30.3. The molecule has 1 aromatic carbocycles. The Labute approximate surface area is 244 Å². The molecular formula is C32H54O7Si. The molecule has 40 heavy (non-hydrogen) atoms. The highest BCUT2D eigenvalue weighted by Gasteiger charge is 2.47. The summed E-state index contributed by atoms with van der Waals surface area (Å²) in [5, 5.41) is 0.0735. The number of methoxy groups -OCH3 is 1. The Balaban J connectivity index is 2.30. The van der Waals surface area contributed by atoms with E-state index in [1.807, 2.05) is 65.0 Å². The van der Waals surface area contributed by atoms with E-state index in [9.17, 15) is 4.79 Å². The second-order valence-corrected chi connectivity index (χ2v) is 17.9. The summed E-state index contributed by atoms with van der Waals surface area (Å²) in [7, 11) is -0.375. The van der Waals surface area contributed by atoms with Crippen molar-refractivity contribution in [3.63, 3.8) is 0 Å². The van der Waals surface area contributed by atoms with E-state index in [1.54, 1.807) is 7.11 Å². The highest BCUT2D eigenvalue weighted by molar-refractivity contribution is 6.74. The minimum Gasteiger partial charge on any atom is -0.497 e. The number of hydrogen-bond acceptors (Lipinski definition) is 7. The molecule has 0 radical (unpaired) electrons. The van der Waals surface area contributed by atoms with Gasteiger partial charge < -0.3 is 28.1 Å². The van der Waals surface area contributed by atoms with Crippen molar-refractivity contribution in [1.82, 2.24) is 0 Å². The lowest BCUT2D eigenvalue weighted by atomic mass is 9.83. The molecule has 5 atom stereocenters. The van der Waals surface area contributed by atoms with Gasteiger partial charge in [0.15, 0.2) is 14.1 Å². The second kappa shape index (κ2) is 14.5. The summed E-state index contributed by atoms with van der Waals surface area (Å²) in [6, 6.07) is 7.92. The largest absolute Gasteiger partial charge is 0.497 e. The van der Waals surface area contributed by atoms with Gasteiger partial charge >= 0.3 is 5.97 Å². The molecule has 1 aliphatic heterocycles. The monoisotopic (exact) mass is 578 g/mol. The molecule has 0 amide bonds. The Hall–Kier alpha value is -1.71. The lowest BCUT2D eigenvalue weighted by molar-refractivity contribution is -0.326. The molecule has 0 aliphatic carbocycles. The number of hydrogen-bond donors (Lipinski definition) is 0. The van der Waals surface area contributed by atoms with Gasteiger partial charge in [0.05, 0.1) is 45.1 Å². The van der Waals surface area contributed by atoms with Crippen LogP contribution in [0.1, 0.15) is 67.9 Å². The molecule has 1 aliphatic rings. The normalized spacial score (nSPS) is 23.4. The number of rotatable bonds is 13. The predicted octanol–water partition coefficient (Wildman–Crippen LogP) is 7.15. The molecule has 0 aromatic heterocycles. The maximum absolute atomic E-state index is 12.4. The maximum Gasteiger partial charge on any atom is 0.312 e. The van der Waals surface area contributed by atoms with Crippen LogP contribution in [0.5, 0.6) is 5.75 Å². The number of carbonyl (C=O) groups is 1. The summed E-state index contributed by atoms with van der Waals surface area (Å²) < 4.78 is 36.6. The number of carbonyl (C=O) groups excluding carboxylic acids is 1. The Morgan fingerprint density at radius 1 is 1.12 bits per heavy atom. The third-order valence-electron chi connectivity index (χ3n) is 8.07. The Bertz CT molecular complexity index is 964. The van der Waals surface area contributed by atoms with E-state index in [0.29, 0.717) is 26.4 Å². The Morgan fingerprint density at radius 2 is 1.75 bits per heavy atom. The SMILES string of the molecule is CCOC(=O)[C@H](C)/C=C(\C)[C@H]1OC(C)(C)O[C@H]([C@H](C)COCc2ccc(OC)cc2)[C@@H]1CO[Si](C)(C)C(C)(C)C. The molecule has 0 spiro atoms. The summed E-state index contributed by atoms with van der Waals surface area (Å²) in [6.07, 6.45) is 1.51. The zero-order valence-electron chi connectivity index (χ0n) is 27.0. The first-order chi connectivity index (χ1) is 18.5. The van der Waals surface area contributed by atoms with E-state index in [-0.39, 0.29) is 41.0 Å². The van der Waals surface area contributed by atoms with Gasteiger partial charge in [-0.25, -0.2) is 0 Å². The van der Waals surface area contributed by atoms with Crippen molar-refractivity contribution in [1.29, 1.82) is 0 Å². The van der Waals surface area contributed by atoms with Crippen molar-refractivity contribution in [2.45, 2.75) is 105 Å². The van der Waals surface area contributed by atoms with Gasteiger partial charge in [-0.2, -0.15) is 0 Å². The van der Waals surface area contributed by atoms with Crippen LogP contribution in [0, 0.1) is 17.8 Å².